The molecule has 0 aromatic rings. The van der Waals surface area contributed by atoms with E-state index in [1.54, 1.807) is 0 Å². The van der Waals surface area contributed by atoms with Crippen LogP contribution in [0, 0.1) is 5.92 Å². The SMILES string of the molecule is CCC(CC)CC(O)C(Cl)(Cl)Cl. The average molecular weight is 234 g/mol. The van der Waals surface area contributed by atoms with E-state index in [-0.39, 0.29) is 0 Å². The maximum atomic E-state index is 9.42. The lowest BCUT2D eigenvalue weighted by atomic mass is 9.97. The highest BCUT2D eigenvalue weighted by atomic mass is 35.6. The van der Waals surface area contributed by atoms with Crippen LogP contribution in [0.15, 0.2) is 0 Å². The molecule has 0 rings (SSSR count). The summed E-state index contributed by atoms with van der Waals surface area (Å²) in [6.45, 7) is 4.14. The van der Waals surface area contributed by atoms with E-state index in [1.807, 2.05) is 0 Å². The summed E-state index contributed by atoms with van der Waals surface area (Å²) in [5, 5.41) is 9.42. The molecule has 0 spiro atoms. The largest absolute Gasteiger partial charge is 0.389 e. The molecule has 0 aromatic heterocycles. The predicted octanol–water partition coefficient (Wildman–Crippen LogP) is 3.54. The van der Waals surface area contributed by atoms with Gasteiger partial charge in [-0.15, -0.1) is 0 Å². The number of hydrogen-bond donors (Lipinski definition) is 1. The molecule has 74 valence electrons. The molecule has 1 N–H and O–H groups in total. The molecule has 4 heteroatoms. The van der Waals surface area contributed by atoms with Gasteiger partial charge in [0.2, 0.25) is 3.79 Å². The lowest BCUT2D eigenvalue weighted by molar-refractivity contribution is 0.143. The Morgan fingerprint density at radius 2 is 1.58 bits per heavy atom. The molecular weight excluding hydrogens is 218 g/mol. The van der Waals surface area contributed by atoms with Crippen LogP contribution in [-0.2, 0) is 0 Å². The van der Waals surface area contributed by atoms with Gasteiger partial charge in [-0.3, -0.25) is 0 Å². The highest BCUT2D eigenvalue weighted by molar-refractivity contribution is 6.68. The number of aliphatic hydroxyl groups excluding tert-OH is 1. The van der Waals surface area contributed by atoms with Gasteiger partial charge in [0.05, 0.1) is 0 Å². The molecule has 0 aromatic carbocycles. The molecule has 12 heavy (non-hydrogen) atoms. The third-order valence-corrected chi connectivity index (χ3v) is 2.84. The van der Waals surface area contributed by atoms with E-state index < -0.39 is 9.90 Å². The minimum Gasteiger partial charge on any atom is -0.389 e. The van der Waals surface area contributed by atoms with Crippen LogP contribution in [-0.4, -0.2) is 15.0 Å². The van der Waals surface area contributed by atoms with Gasteiger partial charge in [0.25, 0.3) is 0 Å². The standard InChI is InChI=1S/C8H15Cl3O/c1-3-6(4-2)5-7(12)8(9,10)11/h6-7,12H,3-5H2,1-2H3. The Hall–Kier alpha value is 0.830. The maximum absolute atomic E-state index is 9.42. The van der Waals surface area contributed by atoms with Crippen molar-refractivity contribution in [1.29, 1.82) is 0 Å². The first-order chi connectivity index (χ1) is 5.41. The third kappa shape index (κ3) is 4.76. The van der Waals surface area contributed by atoms with Gasteiger partial charge in [-0.25, -0.2) is 0 Å². The van der Waals surface area contributed by atoms with Gasteiger partial charge in [0, 0.05) is 0 Å². The first-order valence-corrected chi connectivity index (χ1v) is 5.29. The zero-order chi connectivity index (χ0) is 9.78. The molecule has 0 bridgehead atoms. The monoisotopic (exact) mass is 232 g/mol. The summed E-state index contributed by atoms with van der Waals surface area (Å²) in [6, 6.07) is 0. The summed E-state index contributed by atoms with van der Waals surface area (Å²) in [5.74, 6) is 0.440. The second kappa shape index (κ2) is 5.54. The molecule has 0 amide bonds. The van der Waals surface area contributed by atoms with Gasteiger partial charge < -0.3 is 5.11 Å². The first kappa shape index (κ1) is 12.8. The van der Waals surface area contributed by atoms with Crippen molar-refractivity contribution in [3.8, 4) is 0 Å². The van der Waals surface area contributed by atoms with Crippen LogP contribution >= 0.6 is 34.8 Å². The lowest BCUT2D eigenvalue weighted by Crippen LogP contribution is -2.27. The Bertz CT molecular complexity index is 118. The molecule has 0 radical (unpaired) electrons. The molecule has 0 fully saturated rings. The van der Waals surface area contributed by atoms with E-state index >= 15 is 0 Å². The van der Waals surface area contributed by atoms with Crippen molar-refractivity contribution in [2.75, 3.05) is 0 Å². The van der Waals surface area contributed by atoms with Crippen LogP contribution in [0.3, 0.4) is 0 Å². The van der Waals surface area contributed by atoms with Crippen LogP contribution in [0.25, 0.3) is 0 Å². The van der Waals surface area contributed by atoms with Gasteiger partial charge in [0.15, 0.2) is 0 Å². The van der Waals surface area contributed by atoms with Crippen molar-refractivity contribution in [1.82, 2.24) is 0 Å². The molecule has 0 heterocycles. The summed E-state index contributed by atoms with van der Waals surface area (Å²) in [7, 11) is 0. The normalized spacial score (nSPS) is 15.2. The van der Waals surface area contributed by atoms with Gasteiger partial charge in [-0.05, 0) is 12.3 Å². The Morgan fingerprint density at radius 3 is 1.83 bits per heavy atom. The van der Waals surface area contributed by atoms with E-state index in [0.29, 0.717) is 12.3 Å². The fraction of sp³-hybridized carbons (Fsp3) is 1.00. The van der Waals surface area contributed by atoms with E-state index in [1.165, 1.54) is 0 Å². The summed E-state index contributed by atoms with van der Waals surface area (Å²) in [5.41, 5.74) is 0. The highest BCUT2D eigenvalue weighted by Crippen LogP contribution is 2.34. The van der Waals surface area contributed by atoms with Crippen molar-refractivity contribution in [2.24, 2.45) is 5.92 Å². The van der Waals surface area contributed by atoms with Gasteiger partial charge in [-0.1, -0.05) is 61.5 Å². The van der Waals surface area contributed by atoms with Crippen LogP contribution < -0.4 is 0 Å². The summed E-state index contributed by atoms with van der Waals surface area (Å²) >= 11 is 16.6. The zero-order valence-corrected chi connectivity index (χ0v) is 9.62. The fourth-order valence-electron chi connectivity index (χ4n) is 1.07. The smallest absolute Gasteiger partial charge is 0.216 e. The second-order valence-electron chi connectivity index (χ2n) is 2.98. The van der Waals surface area contributed by atoms with Crippen molar-refractivity contribution in [3.05, 3.63) is 0 Å². The average Bonchev–Trinajstić information content (AvgIpc) is 1.97. The number of hydrogen-bond acceptors (Lipinski definition) is 1. The summed E-state index contributed by atoms with van der Waals surface area (Å²) < 4.78 is -1.54. The van der Waals surface area contributed by atoms with Crippen LogP contribution in [0.5, 0.6) is 0 Å². The molecule has 1 atom stereocenters. The summed E-state index contributed by atoms with van der Waals surface area (Å²) in [6.07, 6.45) is 1.72. The number of alkyl halides is 3. The van der Waals surface area contributed by atoms with Crippen molar-refractivity contribution >= 4 is 34.8 Å². The number of rotatable bonds is 4. The molecule has 1 nitrogen and oxygen atoms in total. The van der Waals surface area contributed by atoms with Crippen molar-refractivity contribution in [3.63, 3.8) is 0 Å². The van der Waals surface area contributed by atoms with Crippen LogP contribution in [0.2, 0.25) is 0 Å². The minimum absolute atomic E-state index is 0.440. The van der Waals surface area contributed by atoms with Gasteiger partial charge >= 0.3 is 0 Å². The maximum Gasteiger partial charge on any atom is 0.216 e. The second-order valence-corrected chi connectivity index (χ2v) is 5.34. The zero-order valence-electron chi connectivity index (χ0n) is 7.36. The third-order valence-electron chi connectivity index (χ3n) is 2.09. The van der Waals surface area contributed by atoms with Crippen LogP contribution in [0.4, 0.5) is 0 Å². The molecule has 0 aliphatic carbocycles. The van der Waals surface area contributed by atoms with Crippen molar-refractivity contribution in [2.45, 2.75) is 43.0 Å². The van der Waals surface area contributed by atoms with Gasteiger partial charge in [-0.2, -0.15) is 0 Å². The lowest BCUT2D eigenvalue weighted by Gasteiger charge is -2.22. The number of aliphatic hydroxyl groups is 1. The summed E-state index contributed by atoms with van der Waals surface area (Å²) in [4.78, 5) is 0. The number of halogens is 3. The quantitative estimate of drug-likeness (QED) is 0.737. The molecule has 0 saturated carbocycles. The van der Waals surface area contributed by atoms with E-state index in [0.717, 1.165) is 12.8 Å². The molecule has 1 unspecified atom stereocenters. The van der Waals surface area contributed by atoms with E-state index in [2.05, 4.69) is 13.8 Å². The minimum atomic E-state index is -1.54. The predicted molar refractivity (Wildman–Crippen MR) is 55.0 cm³/mol. The molecular formula is C8H15Cl3O. The Kier molecular flexibility index (Phi) is 5.92. The molecule has 0 saturated heterocycles. The topological polar surface area (TPSA) is 20.2 Å². The van der Waals surface area contributed by atoms with E-state index in [9.17, 15) is 5.11 Å². The van der Waals surface area contributed by atoms with Gasteiger partial charge in [0.1, 0.15) is 6.10 Å². The van der Waals surface area contributed by atoms with Crippen LogP contribution in [0.1, 0.15) is 33.1 Å². The van der Waals surface area contributed by atoms with E-state index in [4.69, 9.17) is 34.8 Å². The van der Waals surface area contributed by atoms with Crippen molar-refractivity contribution < 1.29 is 5.11 Å². The molecule has 0 aliphatic heterocycles. The molecule has 0 aliphatic rings. The highest BCUT2D eigenvalue weighted by Gasteiger charge is 2.31. The Morgan fingerprint density at radius 1 is 1.17 bits per heavy atom. The fourth-order valence-corrected chi connectivity index (χ4v) is 1.34. The Balaban J connectivity index is 3.90. The first-order valence-electron chi connectivity index (χ1n) is 4.16. The Labute approximate surface area is 89.0 Å².